The Morgan fingerprint density at radius 1 is 1.14 bits per heavy atom. The highest BCUT2D eigenvalue weighted by atomic mass is 32.2. The van der Waals surface area contributed by atoms with E-state index in [-0.39, 0.29) is 5.56 Å². The highest BCUT2D eigenvalue weighted by molar-refractivity contribution is 7.91. The van der Waals surface area contributed by atoms with Gasteiger partial charge in [0.1, 0.15) is 5.39 Å². The summed E-state index contributed by atoms with van der Waals surface area (Å²) in [6, 6.07) is 8.69. The van der Waals surface area contributed by atoms with Crippen molar-refractivity contribution in [1.29, 1.82) is 4.78 Å². The molecule has 150 valence electrons. The van der Waals surface area contributed by atoms with Gasteiger partial charge in [-0.15, -0.1) is 0 Å². The Bertz CT molecular complexity index is 1100. The van der Waals surface area contributed by atoms with Crippen LogP contribution in [0.5, 0.6) is 0 Å². The third-order valence-corrected chi connectivity index (χ3v) is 5.89. The van der Waals surface area contributed by atoms with E-state index < -0.39 is 9.73 Å². The molecule has 3 rings (SSSR count). The van der Waals surface area contributed by atoms with Gasteiger partial charge in [0.15, 0.2) is 5.82 Å². The molecule has 0 aliphatic rings. The SMILES string of the molecule is CCCCCCCn1nc(Nc2ccc(S(C)(=N)=O)cc2)c2c(=O)[nH]ccc21. The number of rotatable bonds is 9. The Kier molecular flexibility index (Phi) is 6.18. The lowest BCUT2D eigenvalue weighted by molar-refractivity contribution is 0.545. The first-order valence-electron chi connectivity index (χ1n) is 9.59. The van der Waals surface area contributed by atoms with E-state index in [0.717, 1.165) is 30.6 Å². The van der Waals surface area contributed by atoms with Crippen LogP contribution in [-0.4, -0.2) is 25.2 Å². The van der Waals surface area contributed by atoms with E-state index in [1.54, 1.807) is 30.5 Å². The number of unbranched alkanes of at least 4 members (excludes halogenated alkanes) is 4. The Morgan fingerprint density at radius 2 is 1.86 bits per heavy atom. The van der Waals surface area contributed by atoms with Crippen LogP contribution in [0.4, 0.5) is 11.5 Å². The van der Waals surface area contributed by atoms with Gasteiger partial charge in [0.25, 0.3) is 5.56 Å². The van der Waals surface area contributed by atoms with Crippen LogP contribution in [0.25, 0.3) is 10.9 Å². The molecule has 0 aliphatic heterocycles. The maximum absolute atomic E-state index is 12.4. The average Bonchev–Trinajstić information content (AvgIpc) is 3.00. The molecule has 0 amide bonds. The van der Waals surface area contributed by atoms with Gasteiger partial charge in [0, 0.05) is 29.6 Å². The molecule has 2 aromatic heterocycles. The number of pyridine rings is 1. The second-order valence-electron chi connectivity index (χ2n) is 7.05. The Hall–Kier alpha value is -2.61. The van der Waals surface area contributed by atoms with Crippen LogP contribution in [-0.2, 0) is 16.3 Å². The number of aromatic amines is 1. The number of H-pyrrole nitrogens is 1. The fourth-order valence-corrected chi connectivity index (χ4v) is 3.85. The summed E-state index contributed by atoms with van der Waals surface area (Å²) in [5, 5.41) is 8.35. The van der Waals surface area contributed by atoms with Crippen molar-refractivity contribution in [3.63, 3.8) is 0 Å². The van der Waals surface area contributed by atoms with E-state index in [0.29, 0.717) is 16.1 Å². The molecule has 0 saturated heterocycles. The van der Waals surface area contributed by atoms with Gasteiger partial charge in [-0.05, 0) is 36.8 Å². The van der Waals surface area contributed by atoms with Crippen LogP contribution >= 0.6 is 0 Å². The van der Waals surface area contributed by atoms with E-state index in [2.05, 4.69) is 22.3 Å². The minimum Gasteiger partial charge on any atom is -0.338 e. The van der Waals surface area contributed by atoms with E-state index in [9.17, 15) is 9.00 Å². The summed E-state index contributed by atoms with van der Waals surface area (Å²) in [7, 11) is -2.75. The summed E-state index contributed by atoms with van der Waals surface area (Å²) >= 11 is 0. The minimum atomic E-state index is -2.75. The average molecular weight is 402 g/mol. The summed E-state index contributed by atoms with van der Waals surface area (Å²) in [5.41, 5.74) is 1.35. The molecule has 8 heteroatoms. The number of aryl methyl sites for hydroxylation is 1. The molecular weight excluding hydrogens is 374 g/mol. The van der Waals surface area contributed by atoms with Crippen molar-refractivity contribution in [2.45, 2.75) is 50.5 Å². The zero-order chi connectivity index (χ0) is 20.1. The summed E-state index contributed by atoms with van der Waals surface area (Å²) in [6.07, 6.45) is 8.86. The zero-order valence-electron chi connectivity index (χ0n) is 16.3. The summed E-state index contributed by atoms with van der Waals surface area (Å²) < 4.78 is 21.4. The van der Waals surface area contributed by atoms with Gasteiger partial charge in [-0.1, -0.05) is 32.6 Å². The highest BCUT2D eigenvalue weighted by Crippen LogP contribution is 2.24. The van der Waals surface area contributed by atoms with E-state index >= 15 is 0 Å². The number of anilines is 2. The van der Waals surface area contributed by atoms with Crippen molar-refractivity contribution in [3.8, 4) is 0 Å². The number of aromatic nitrogens is 3. The van der Waals surface area contributed by atoms with Gasteiger partial charge in [-0.3, -0.25) is 9.48 Å². The molecule has 0 radical (unpaired) electrons. The van der Waals surface area contributed by atoms with Gasteiger partial charge in [0.2, 0.25) is 0 Å². The Labute approximate surface area is 165 Å². The summed E-state index contributed by atoms with van der Waals surface area (Å²) in [4.78, 5) is 15.6. The van der Waals surface area contributed by atoms with Gasteiger partial charge < -0.3 is 10.3 Å². The van der Waals surface area contributed by atoms with Crippen LogP contribution in [0.2, 0.25) is 0 Å². The predicted molar refractivity (Wildman–Crippen MR) is 114 cm³/mol. The standard InChI is InChI=1S/C20H27N5O2S/c1-3-4-5-6-7-14-25-17-12-13-22-20(26)18(17)19(24-25)23-15-8-10-16(11-9-15)28(2,21)27/h8-13,21H,3-7,14H2,1-2H3,(H,22,26)(H,23,24). The molecule has 0 bridgehead atoms. The first-order chi connectivity index (χ1) is 13.4. The molecule has 1 unspecified atom stereocenters. The van der Waals surface area contributed by atoms with Crippen molar-refractivity contribution >= 4 is 32.1 Å². The maximum atomic E-state index is 12.4. The molecular formula is C20H27N5O2S. The molecule has 1 aromatic carbocycles. The van der Waals surface area contributed by atoms with Gasteiger partial charge in [0.05, 0.1) is 15.2 Å². The van der Waals surface area contributed by atoms with E-state index in [4.69, 9.17) is 4.78 Å². The van der Waals surface area contributed by atoms with Crippen molar-refractivity contribution in [2.75, 3.05) is 11.6 Å². The quantitative estimate of drug-likeness (QED) is 0.460. The summed E-state index contributed by atoms with van der Waals surface area (Å²) in [6.45, 7) is 2.96. The largest absolute Gasteiger partial charge is 0.338 e. The van der Waals surface area contributed by atoms with Crippen molar-refractivity contribution in [2.24, 2.45) is 0 Å². The lowest BCUT2D eigenvalue weighted by atomic mass is 10.1. The highest BCUT2D eigenvalue weighted by Gasteiger charge is 2.14. The number of fused-ring (bicyclic) bond motifs is 1. The minimum absolute atomic E-state index is 0.184. The zero-order valence-corrected chi connectivity index (χ0v) is 17.1. The number of hydrogen-bond donors (Lipinski definition) is 3. The molecule has 2 heterocycles. The molecule has 1 atom stereocenters. The predicted octanol–water partition coefficient (Wildman–Crippen LogP) is 4.47. The van der Waals surface area contributed by atoms with Gasteiger partial charge in [-0.2, -0.15) is 5.10 Å². The molecule has 0 saturated carbocycles. The molecule has 0 fully saturated rings. The smallest absolute Gasteiger partial charge is 0.261 e. The fraction of sp³-hybridized carbons (Fsp3) is 0.400. The maximum Gasteiger partial charge on any atom is 0.261 e. The number of nitrogens with zero attached hydrogens (tertiary/aromatic N) is 2. The molecule has 3 aromatic rings. The monoisotopic (exact) mass is 401 g/mol. The van der Waals surface area contributed by atoms with Crippen molar-refractivity contribution < 1.29 is 4.21 Å². The lowest BCUT2D eigenvalue weighted by Crippen LogP contribution is -2.06. The number of hydrogen-bond acceptors (Lipinski definition) is 5. The summed E-state index contributed by atoms with van der Waals surface area (Å²) in [5.74, 6) is 0.501. The lowest BCUT2D eigenvalue weighted by Gasteiger charge is -2.06. The molecule has 7 nitrogen and oxygen atoms in total. The fourth-order valence-electron chi connectivity index (χ4n) is 3.19. The number of nitrogens with one attached hydrogen (secondary N) is 3. The van der Waals surface area contributed by atoms with Crippen LogP contribution in [0, 0.1) is 4.78 Å². The van der Waals surface area contributed by atoms with Crippen LogP contribution in [0.1, 0.15) is 39.0 Å². The van der Waals surface area contributed by atoms with Gasteiger partial charge >= 0.3 is 0 Å². The Balaban J connectivity index is 1.85. The Morgan fingerprint density at radius 3 is 2.54 bits per heavy atom. The van der Waals surface area contributed by atoms with Crippen LogP contribution < -0.4 is 10.9 Å². The molecule has 0 aliphatic carbocycles. The third-order valence-electron chi connectivity index (χ3n) is 4.71. The molecule has 0 spiro atoms. The first-order valence-corrected chi connectivity index (χ1v) is 11.6. The van der Waals surface area contributed by atoms with E-state index in [1.165, 1.54) is 25.5 Å². The second-order valence-corrected chi connectivity index (χ2v) is 9.20. The van der Waals surface area contributed by atoms with Crippen LogP contribution in [0.3, 0.4) is 0 Å². The van der Waals surface area contributed by atoms with Crippen molar-refractivity contribution in [3.05, 3.63) is 46.9 Å². The first kappa shape index (κ1) is 20.1. The topological polar surface area (TPSA) is 104 Å². The second kappa shape index (κ2) is 8.60. The normalized spacial score (nSPS) is 13.5. The van der Waals surface area contributed by atoms with Gasteiger partial charge in [-0.25, -0.2) is 8.99 Å². The molecule has 3 N–H and O–H groups in total. The third kappa shape index (κ3) is 4.62. The number of benzene rings is 1. The van der Waals surface area contributed by atoms with Crippen LogP contribution in [0.15, 0.2) is 46.2 Å². The van der Waals surface area contributed by atoms with Crippen molar-refractivity contribution in [1.82, 2.24) is 14.8 Å². The van der Waals surface area contributed by atoms with E-state index in [1.807, 2.05) is 10.7 Å². The molecule has 28 heavy (non-hydrogen) atoms.